The lowest BCUT2D eigenvalue weighted by Gasteiger charge is -2.14. The van der Waals surface area contributed by atoms with E-state index in [1.54, 1.807) is 4.57 Å². The molecule has 0 aliphatic rings. The molecule has 0 saturated carbocycles. The molecule has 1 amide bonds. The third-order valence-corrected chi connectivity index (χ3v) is 5.36. The van der Waals surface area contributed by atoms with E-state index < -0.39 is 0 Å². The Labute approximate surface area is 156 Å². The number of hydrogen-bond donors (Lipinski definition) is 1. The third-order valence-electron chi connectivity index (χ3n) is 4.40. The monoisotopic (exact) mass is 372 g/mol. The molecule has 3 rings (SSSR count). The van der Waals surface area contributed by atoms with Gasteiger partial charge in [0.1, 0.15) is 0 Å². The van der Waals surface area contributed by atoms with Gasteiger partial charge in [-0.05, 0) is 36.1 Å². The van der Waals surface area contributed by atoms with Crippen molar-refractivity contribution >= 4 is 33.1 Å². The number of thiazole rings is 1. The molecule has 6 heteroatoms. The van der Waals surface area contributed by atoms with Crippen LogP contribution in [0.4, 0.5) is 5.69 Å². The molecule has 1 heterocycles. The standard InChI is InChI=1S/C20H22N2O2S.H2O/c1-3-14-8-7-9-15(4-2)19(14)21-18(23)12-13-22-16-10-5-6-11-17(16)25-20(22)24;/h5-11H,3-4,12-13H2,1-2H3,(H,21,23);1H2. The Bertz CT molecular complexity index is 937. The fraction of sp³-hybridized carbons (Fsp3) is 0.300. The second-order valence-electron chi connectivity index (χ2n) is 5.94. The largest absolute Gasteiger partial charge is 0.412 e. The van der Waals surface area contributed by atoms with Gasteiger partial charge in [-0.3, -0.25) is 14.2 Å². The Balaban J connectivity index is 0.00000243. The molecule has 0 saturated heterocycles. The summed E-state index contributed by atoms with van der Waals surface area (Å²) in [5.74, 6) is -0.0576. The molecule has 0 aliphatic carbocycles. The highest BCUT2D eigenvalue weighted by Gasteiger charge is 2.12. The van der Waals surface area contributed by atoms with Gasteiger partial charge in [0.2, 0.25) is 5.91 Å². The number of carbonyl (C=O) groups is 1. The lowest BCUT2D eigenvalue weighted by atomic mass is 10.0. The van der Waals surface area contributed by atoms with E-state index in [-0.39, 0.29) is 22.7 Å². The van der Waals surface area contributed by atoms with Crippen LogP contribution in [0.5, 0.6) is 0 Å². The zero-order chi connectivity index (χ0) is 17.8. The van der Waals surface area contributed by atoms with Crippen molar-refractivity contribution < 1.29 is 10.3 Å². The number of rotatable bonds is 6. The van der Waals surface area contributed by atoms with Crippen molar-refractivity contribution in [2.24, 2.45) is 0 Å². The van der Waals surface area contributed by atoms with Crippen LogP contribution in [0.1, 0.15) is 31.4 Å². The van der Waals surface area contributed by atoms with Gasteiger partial charge in [0.05, 0.1) is 10.2 Å². The summed E-state index contributed by atoms with van der Waals surface area (Å²) in [7, 11) is 0. The molecule has 3 N–H and O–H groups in total. The quantitative estimate of drug-likeness (QED) is 0.719. The van der Waals surface area contributed by atoms with Crippen LogP contribution >= 0.6 is 11.3 Å². The molecule has 26 heavy (non-hydrogen) atoms. The maximum absolute atomic E-state index is 12.5. The summed E-state index contributed by atoms with van der Waals surface area (Å²) in [5, 5.41) is 3.06. The average Bonchev–Trinajstić information content (AvgIpc) is 2.95. The molecule has 0 spiro atoms. The molecule has 2 aromatic carbocycles. The number of fused-ring (bicyclic) bond motifs is 1. The van der Waals surface area contributed by atoms with E-state index >= 15 is 0 Å². The second-order valence-corrected chi connectivity index (χ2v) is 6.94. The highest BCUT2D eigenvalue weighted by atomic mass is 32.1. The van der Waals surface area contributed by atoms with Crippen molar-refractivity contribution in [3.05, 3.63) is 63.3 Å². The summed E-state index contributed by atoms with van der Waals surface area (Å²) >= 11 is 1.22. The number of anilines is 1. The molecule has 138 valence electrons. The fourth-order valence-corrected chi connectivity index (χ4v) is 3.96. The summed E-state index contributed by atoms with van der Waals surface area (Å²) in [6.45, 7) is 4.56. The van der Waals surface area contributed by atoms with E-state index in [1.165, 1.54) is 11.3 Å². The number of hydrogen-bond acceptors (Lipinski definition) is 3. The van der Waals surface area contributed by atoms with E-state index in [0.717, 1.165) is 39.9 Å². The Morgan fingerprint density at radius 3 is 2.35 bits per heavy atom. The first-order valence-corrected chi connectivity index (χ1v) is 9.44. The van der Waals surface area contributed by atoms with Crippen molar-refractivity contribution in [3.8, 4) is 0 Å². The average molecular weight is 372 g/mol. The van der Waals surface area contributed by atoms with Crippen LogP contribution in [0.25, 0.3) is 10.2 Å². The zero-order valence-electron chi connectivity index (χ0n) is 15.0. The number of benzene rings is 2. The van der Waals surface area contributed by atoms with Gasteiger partial charge in [-0.2, -0.15) is 0 Å². The molecule has 1 aromatic heterocycles. The van der Waals surface area contributed by atoms with E-state index in [1.807, 2.05) is 42.5 Å². The van der Waals surface area contributed by atoms with Crippen molar-refractivity contribution in [2.45, 2.75) is 39.7 Å². The Morgan fingerprint density at radius 2 is 1.69 bits per heavy atom. The van der Waals surface area contributed by atoms with Gasteiger partial charge < -0.3 is 10.8 Å². The summed E-state index contributed by atoms with van der Waals surface area (Å²) in [4.78, 5) is 24.6. The first-order valence-electron chi connectivity index (χ1n) is 8.63. The number of para-hydroxylation sites is 2. The lowest BCUT2D eigenvalue weighted by molar-refractivity contribution is -0.116. The summed E-state index contributed by atoms with van der Waals surface area (Å²) < 4.78 is 2.64. The fourth-order valence-electron chi connectivity index (χ4n) is 3.04. The van der Waals surface area contributed by atoms with Gasteiger partial charge in [-0.25, -0.2) is 0 Å². The minimum Gasteiger partial charge on any atom is -0.412 e. The molecular weight excluding hydrogens is 348 g/mol. The number of nitrogens with one attached hydrogen (secondary N) is 1. The van der Waals surface area contributed by atoms with Crippen LogP contribution in [0.15, 0.2) is 47.3 Å². The maximum Gasteiger partial charge on any atom is 0.308 e. The minimum absolute atomic E-state index is 0. The van der Waals surface area contributed by atoms with Gasteiger partial charge >= 0.3 is 4.87 Å². The van der Waals surface area contributed by atoms with Crippen LogP contribution in [-0.2, 0) is 24.2 Å². The van der Waals surface area contributed by atoms with Crippen LogP contribution in [0.3, 0.4) is 0 Å². The number of aromatic nitrogens is 1. The highest BCUT2D eigenvalue weighted by Crippen LogP contribution is 2.23. The predicted octanol–water partition coefficient (Wildman–Crippen LogP) is 3.39. The normalized spacial score (nSPS) is 10.5. The van der Waals surface area contributed by atoms with Crippen LogP contribution < -0.4 is 10.2 Å². The smallest absolute Gasteiger partial charge is 0.308 e. The van der Waals surface area contributed by atoms with E-state index in [9.17, 15) is 9.59 Å². The van der Waals surface area contributed by atoms with Crippen LogP contribution in [0, 0.1) is 0 Å². The summed E-state index contributed by atoms with van der Waals surface area (Å²) in [6, 6.07) is 13.8. The Morgan fingerprint density at radius 1 is 1.04 bits per heavy atom. The number of aryl methyl sites for hydroxylation is 3. The molecule has 0 bridgehead atoms. The first kappa shape index (κ1) is 19.9. The molecule has 0 aliphatic heterocycles. The SMILES string of the molecule is CCc1cccc(CC)c1NC(=O)CCn1c(=O)sc2ccccc21.O. The summed E-state index contributed by atoms with van der Waals surface area (Å²) in [6.07, 6.45) is 2.03. The molecule has 0 fully saturated rings. The highest BCUT2D eigenvalue weighted by molar-refractivity contribution is 7.16. The Kier molecular flexibility index (Phi) is 6.71. The zero-order valence-corrected chi connectivity index (χ0v) is 15.9. The van der Waals surface area contributed by atoms with E-state index in [4.69, 9.17) is 0 Å². The molecule has 3 aromatic rings. The van der Waals surface area contributed by atoms with Gasteiger partial charge in [0, 0.05) is 18.7 Å². The number of nitrogens with zero attached hydrogens (tertiary/aromatic N) is 1. The van der Waals surface area contributed by atoms with Crippen molar-refractivity contribution in [2.75, 3.05) is 5.32 Å². The van der Waals surface area contributed by atoms with Crippen LogP contribution in [-0.4, -0.2) is 16.0 Å². The molecular formula is C20H24N2O3S. The first-order chi connectivity index (χ1) is 12.1. The minimum atomic E-state index is -0.0576. The van der Waals surface area contributed by atoms with Gasteiger partial charge in [0.15, 0.2) is 0 Å². The van der Waals surface area contributed by atoms with Crippen molar-refractivity contribution in [3.63, 3.8) is 0 Å². The van der Waals surface area contributed by atoms with E-state index in [0.29, 0.717) is 6.54 Å². The number of carbonyl (C=O) groups excluding carboxylic acids is 1. The predicted molar refractivity (Wildman–Crippen MR) is 108 cm³/mol. The number of amides is 1. The van der Waals surface area contributed by atoms with Crippen molar-refractivity contribution in [1.82, 2.24) is 4.57 Å². The van der Waals surface area contributed by atoms with Gasteiger partial charge in [0.25, 0.3) is 0 Å². The van der Waals surface area contributed by atoms with Crippen LogP contribution in [0.2, 0.25) is 0 Å². The Hall–Kier alpha value is -2.44. The third kappa shape index (κ3) is 4.03. The van der Waals surface area contributed by atoms with Gasteiger partial charge in [-0.1, -0.05) is 55.5 Å². The molecule has 5 nitrogen and oxygen atoms in total. The van der Waals surface area contributed by atoms with Gasteiger partial charge in [-0.15, -0.1) is 0 Å². The second kappa shape index (κ2) is 8.78. The topological polar surface area (TPSA) is 82.6 Å². The summed E-state index contributed by atoms with van der Waals surface area (Å²) in [5.41, 5.74) is 4.12. The van der Waals surface area contributed by atoms with E-state index in [2.05, 4.69) is 19.2 Å². The maximum atomic E-state index is 12.5. The molecule has 0 radical (unpaired) electrons. The lowest BCUT2D eigenvalue weighted by Crippen LogP contribution is -2.20. The molecule has 0 atom stereocenters. The van der Waals surface area contributed by atoms with Crippen molar-refractivity contribution in [1.29, 1.82) is 0 Å². The molecule has 0 unspecified atom stereocenters.